The Morgan fingerprint density at radius 2 is 1.95 bits per heavy atom. The molecule has 110 valence electrons. The Balaban J connectivity index is 1.72. The summed E-state index contributed by atoms with van der Waals surface area (Å²) in [6.07, 6.45) is 2.74. The number of thiophene rings is 1. The lowest BCUT2D eigenvalue weighted by atomic mass is 10.0. The SMILES string of the molecule is Brc1ccc(C2=NN(c3nccs3)C(c3cccs3)C2)cc1. The maximum absolute atomic E-state index is 4.86. The van der Waals surface area contributed by atoms with Crippen molar-refractivity contribution in [3.05, 3.63) is 68.3 Å². The van der Waals surface area contributed by atoms with Crippen molar-refractivity contribution >= 4 is 49.4 Å². The number of nitrogens with zero attached hydrogens (tertiary/aromatic N) is 3. The molecule has 1 aliphatic heterocycles. The second kappa shape index (κ2) is 5.95. The molecule has 3 nitrogen and oxygen atoms in total. The van der Waals surface area contributed by atoms with Crippen LogP contribution in [0.5, 0.6) is 0 Å². The number of anilines is 1. The van der Waals surface area contributed by atoms with Gasteiger partial charge in [-0.1, -0.05) is 34.1 Å². The van der Waals surface area contributed by atoms with Crippen LogP contribution in [0, 0.1) is 0 Å². The summed E-state index contributed by atoms with van der Waals surface area (Å²) in [5, 5.41) is 12.0. The molecule has 0 saturated heterocycles. The average Bonchev–Trinajstić information content (AvgIpc) is 3.27. The van der Waals surface area contributed by atoms with Crippen LogP contribution < -0.4 is 5.01 Å². The summed E-state index contributed by atoms with van der Waals surface area (Å²) in [5.41, 5.74) is 2.28. The first kappa shape index (κ1) is 14.1. The number of benzene rings is 1. The van der Waals surface area contributed by atoms with Crippen molar-refractivity contribution < 1.29 is 0 Å². The summed E-state index contributed by atoms with van der Waals surface area (Å²) in [6, 6.07) is 12.9. The molecule has 22 heavy (non-hydrogen) atoms. The minimum Gasteiger partial charge on any atom is -0.230 e. The van der Waals surface area contributed by atoms with Crippen molar-refractivity contribution in [2.24, 2.45) is 5.10 Å². The van der Waals surface area contributed by atoms with Crippen LogP contribution in [0.25, 0.3) is 0 Å². The average molecular weight is 390 g/mol. The summed E-state index contributed by atoms with van der Waals surface area (Å²) in [7, 11) is 0. The van der Waals surface area contributed by atoms with Crippen LogP contribution in [0.2, 0.25) is 0 Å². The topological polar surface area (TPSA) is 28.5 Å². The zero-order chi connectivity index (χ0) is 14.9. The van der Waals surface area contributed by atoms with E-state index in [9.17, 15) is 0 Å². The van der Waals surface area contributed by atoms with E-state index in [0.717, 1.165) is 21.7 Å². The molecular weight excluding hydrogens is 378 g/mol. The molecule has 0 saturated carbocycles. The van der Waals surface area contributed by atoms with Gasteiger partial charge in [-0.3, -0.25) is 0 Å². The zero-order valence-corrected chi connectivity index (χ0v) is 14.7. The van der Waals surface area contributed by atoms with Crippen molar-refractivity contribution in [2.75, 3.05) is 5.01 Å². The molecule has 0 bridgehead atoms. The Kier molecular flexibility index (Phi) is 3.82. The lowest BCUT2D eigenvalue weighted by Gasteiger charge is -2.19. The molecule has 1 aliphatic rings. The van der Waals surface area contributed by atoms with E-state index >= 15 is 0 Å². The van der Waals surface area contributed by atoms with Crippen LogP contribution in [0.15, 0.2) is 62.9 Å². The highest BCUT2D eigenvalue weighted by atomic mass is 79.9. The molecule has 1 atom stereocenters. The molecule has 0 amide bonds. The molecule has 1 unspecified atom stereocenters. The van der Waals surface area contributed by atoms with Crippen molar-refractivity contribution in [1.82, 2.24) is 4.98 Å². The van der Waals surface area contributed by atoms with Crippen molar-refractivity contribution in [1.29, 1.82) is 0 Å². The molecule has 0 aliphatic carbocycles. The second-order valence-corrected chi connectivity index (χ2v) is 7.72. The molecule has 6 heteroatoms. The first-order valence-corrected chi connectivity index (χ1v) is 9.42. The Labute approximate surface area is 145 Å². The third-order valence-electron chi connectivity index (χ3n) is 3.57. The highest BCUT2D eigenvalue weighted by Gasteiger charge is 2.31. The van der Waals surface area contributed by atoms with Gasteiger partial charge < -0.3 is 0 Å². The van der Waals surface area contributed by atoms with Gasteiger partial charge in [-0.15, -0.1) is 22.7 Å². The molecule has 0 radical (unpaired) electrons. The third-order valence-corrected chi connectivity index (χ3v) is 5.84. The fraction of sp³-hybridized carbons (Fsp3) is 0.125. The minimum atomic E-state index is 0.241. The summed E-state index contributed by atoms with van der Waals surface area (Å²) in [5.74, 6) is 0. The number of hydrazone groups is 1. The molecule has 3 heterocycles. The fourth-order valence-corrected chi connectivity index (χ4v) is 4.25. The van der Waals surface area contributed by atoms with Crippen LogP contribution >= 0.6 is 38.6 Å². The number of halogens is 1. The van der Waals surface area contributed by atoms with Gasteiger partial charge in [0.15, 0.2) is 0 Å². The van der Waals surface area contributed by atoms with E-state index < -0.39 is 0 Å². The van der Waals surface area contributed by atoms with Crippen LogP contribution in [0.1, 0.15) is 22.9 Å². The van der Waals surface area contributed by atoms with Gasteiger partial charge in [0.25, 0.3) is 0 Å². The van der Waals surface area contributed by atoms with Gasteiger partial charge in [0.05, 0.1) is 11.8 Å². The van der Waals surface area contributed by atoms with Gasteiger partial charge in [0.1, 0.15) is 0 Å². The predicted octanol–water partition coefficient (Wildman–Crippen LogP) is 5.32. The van der Waals surface area contributed by atoms with E-state index in [1.54, 1.807) is 22.7 Å². The Morgan fingerprint density at radius 3 is 2.64 bits per heavy atom. The summed E-state index contributed by atoms with van der Waals surface area (Å²) in [6.45, 7) is 0. The number of hydrogen-bond donors (Lipinski definition) is 0. The van der Waals surface area contributed by atoms with E-state index in [-0.39, 0.29) is 6.04 Å². The Bertz CT molecular complexity index is 779. The van der Waals surface area contributed by atoms with E-state index in [1.165, 1.54) is 10.4 Å². The van der Waals surface area contributed by atoms with Crippen molar-refractivity contribution in [3.63, 3.8) is 0 Å². The maximum Gasteiger partial charge on any atom is 0.206 e. The fourth-order valence-electron chi connectivity index (χ4n) is 2.54. The molecule has 0 N–H and O–H groups in total. The molecule has 0 fully saturated rings. The molecule has 0 spiro atoms. The number of thiazole rings is 1. The predicted molar refractivity (Wildman–Crippen MR) is 96.9 cm³/mol. The first-order valence-electron chi connectivity index (χ1n) is 6.87. The van der Waals surface area contributed by atoms with Gasteiger partial charge in [-0.25, -0.2) is 9.99 Å². The van der Waals surface area contributed by atoms with E-state index in [4.69, 9.17) is 5.10 Å². The van der Waals surface area contributed by atoms with Crippen LogP contribution in [0.4, 0.5) is 5.13 Å². The van der Waals surface area contributed by atoms with Crippen LogP contribution in [0.3, 0.4) is 0 Å². The number of hydrogen-bond acceptors (Lipinski definition) is 5. The highest BCUT2D eigenvalue weighted by molar-refractivity contribution is 9.10. The standard InChI is InChI=1S/C16H12BrN3S2/c17-12-5-3-11(4-6-12)13-10-14(15-2-1-8-21-15)20(19-13)16-18-7-9-22-16/h1-9,14H,10H2. The van der Waals surface area contributed by atoms with Gasteiger partial charge >= 0.3 is 0 Å². The van der Waals surface area contributed by atoms with Gasteiger partial charge in [-0.2, -0.15) is 5.10 Å². The quantitative estimate of drug-likeness (QED) is 0.605. The largest absolute Gasteiger partial charge is 0.230 e. The Morgan fingerprint density at radius 1 is 1.09 bits per heavy atom. The molecule has 4 rings (SSSR count). The monoisotopic (exact) mass is 389 g/mol. The van der Waals surface area contributed by atoms with Crippen LogP contribution in [-0.4, -0.2) is 10.7 Å². The Hall–Kier alpha value is -1.50. The first-order chi connectivity index (χ1) is 10.8. The van der Waals surface area contributed by atoms with Gasteiger partial charge in [0, 0.05) is 27.3 Å². The normalized spacial score (nSPS) is 17.8. The second-order valence-electron chi connectivity index (χ2n) is 4.95. The smallest absolute Gasteiger partial charge is 0.206 e. The molecule has 2 aromatic heterocycles. The zero-order valence-electron chi connectivity index (χ0n) is 11.5. The van der Waals surface area contributed by atoms with Crippen molar-refractivity contribution in [3.8, 4) is 0 Å². The summed E-state index contributed by atoms with van der Waals surface area (Å²) < 4.78 is 1.08. The number of aromatic nitrogens is 1. The van der Waals surface area contributed by atoms with E-state index in [0.29, 0.717) is 0 Å². The van der Waals surface area contributed by atoms with E-state index in [1.807, 2.05) is 11.6 Å². The summed E-state index contributed by atoms with van der Waals surface area (Å²) >= 11 is 6.88. The molecule has 1 aromatic carbocycles. The molecular formula is C16H12BrN3S2. The van der Waals surface area contributed by atoms with Crippen molar-refractivity contribution in [2.45, 2.75) is 12.5 Å². The summed E-state index contributed by atoms with van der Waals surface area (Å²) in [4.78, 5) is 5.76. The minimum absolute atomic E-state index is 0.241. The lowest BCUT2D eigenvalue weighted by Crippen LogP contribution is -2.17. The van der Waals surface area contributed by atoms with Crippen LogP contribution in [-0.2, 0) is 0 Å². The highest BCUT2D eigenvalue weighted by Crippen LogP contribution is 2.39. The maximum atomic E-state index is 4.86. The van der Waals surface area contributed by atoms with Gasteiger partial charge in [-0.05, 0) is 29.1 Å². The molecule has 3 aromatic rings. The number of rotatable bonds is 3. The third kappa shape index (κ3) is 2.62. The van der Waals surface area contributed by atoms with Gasteiger partial charge in [0.2, 0.25) is 5.13 Å². The van der Waals surface area contributed by atoms with E-state index in [2.05, 4.69) is 67.7 Å². The lowest BCUT2D eigenvalue weighted by molar-refractivity contribution is 0.719.